The molecule has 0 atom stereocenters. The second-order valence-corrected chi connectivity index (χ2v) is 4.56. The number of aryl methyl sites for hydroxylation is 1. The summed E-state index contributed by atoms with van der Waals surface area (Å²) < 4.78 is 1.81. The smallest absolute Gasteiger partial charge is 0.251 e. The summed E-state index contributed by atoms with van der Waals surface area (Å²) in [4.78, 5) is 11.5. The quantitative estimate of drug-likeness (QED) is 0.806. The van der Waals surface area contributed by atoms with Crippen LogP contribution in [0, 0.1) is 20.8 Å². The Labute approximate surface area is 112 Å². The van der Waals surface area contributed by atoms with Gasteiger partial charge in [0.25, 0.3) is 5.91 Å². The number of rotatable bonds is 2. The van der Waals surface area contributed by atoms with Crippen LogP contribution < -0.4 is 11.1 Å². The molecule has 100 valence electrons. The zero-order chi connectivity index (χ0) is 14.2. The largest absolute Gasteiger partial charge is 0.397 e. The van der Waals surface area contributed by atoms with E-state index < -0.39 is 0 Å². The first-order chi connectivity index (χ1) is 8.95. The third-order valence-corrected chi connectivity index (χ3v) is 3.40. The van der Waals surface area contributed by atoms with Gasteiger partial charge in [-0.25, -0.2) is 4.68 Å². The Balaban J connectivity index is 2.52. The van der Waals surface area contributed by atoms with E-state index >= 15 is 0 Å². The van der Waals surface area contributed by atoms with Gasteiger partial charge in [0, 0.05) is 18.3 Å². The van der Waals surface area contributed by atoms with E-state index in [1.54, 1.807) is 19.2 Å². The van der Waals surface area contributed by atoms with Gasteiger partial charge in [0.15, 0.2) is 0 Å². The second kappa shape index (κ2) is 4.76. The molecule has 5 nitrogen and oxygen atoms in total. The maximum absolute atomic E-state index is 11.5. The molecule has 0 unspecified atom stereocenters. The highest BCUT2D eigenvalue weighted by atomic mass is 16.1. The van der Waals surface area contributed by atoms with Crippen LogP contribution in [0.5, 0.6) is 0 Å². The minimum Gasteiger partial charge on any atom is -0.397 e. The van der Waals surface area contributed by atoms with Gasteiger partial charge in [-0.3, -0.25) is 4.79 Å². The Bertz CT molecular complexity index is 643. The van der Waals surface area contributed by atoms with Crippen LogP contribution in [0.3, 0.4) is 0 Å². The van der Waals surface area contributed by atoms with Crippen LogP contribution in [0.1, 0.15) is 27.3 Å². The molecule has 19 heavy (non-hydrogen) atoms. The molecule has 5 heteroatoms. The van der Waals surface area contributed by atoms with E-state index in [4.69, 9.17) is 5.73 Å². The van der Waals surface area contributed by atoms with Crippen LogP contribution in [0.2, 0.25) is 0 Å². The number of nitrogens with zero attached hydrogens (tertiary/aromatic N) is 2. The highest BCUT2D eigenvalue weighted by Gasteiger charge is 2.13. The van der Waals surface area contributed by atoms with Crippen molar-refractivity contribution >= 4 is 11.6 Å². The molecule has 0 aliphatic carbocycles. The van der Waals surface area contributed by atoms with Gasteiger partial charge in [0.2, 0.25) is 0 Å². The lowest BCUT2D eigenvalue weighted by Crippen LogP contribution is -2.18. The molecule has 0 radical (unpaired) electrons. The monoisotopic (exact) mass is 258 g/mol. The van der Waals surface area contributed by atoms with E-state index in [1.165, 1.54) is 0 Å². The van der Waals surface area contributed by atoms with Crippen molar-refractivity contribution in [3.63, 3.8) is 0 Å². The molecule has 0 fully saturated rings. The van der Waals surface area contributed by atoms with Gasteiger partial charge in [0.05, 0.1) is 17.1 Å². The summed E-state index contributed by atoms with van der Waals surface area (Å²) in [5.41, 5.74) is 11.1. The van der Waals surface area contributed by atoms with Crippen LogP contribution in [0.25, 0.3) is 5.69 Å². The number of aromatic nitrogens is 2. The van der Waals surface area contributed by atoms with Crippen molar-refractivity contribution in [3.05, 3.63) is 40.7 Å². The van der Waals surface area contributed by atoms with E-state index in [0.29, 0.717) is 11.3 Å². The van der Waals surface area contributed by atoms with Crippen LogP contribution >= 0.6 is 0 Å². The third-order valence-electron chi connectivity index (χ3n) is 3.40. The molecule has 0 aliphatic rings. The molecule has 2 aromatic rings. The first-order valence-electron chi connectivity index (χ1n) is 6.10. The van der Waals surface area contributed by atoms with Gasteiger partial charge in [-0.15, -0.1) is 0 Å². The van der Waals surface area contributed by atoms with E-state index in [2.05, 4.69) is 10.4 Å². The van der Waals surface area contributed by atoms with Gasteiger partial charge in [-0.05, 0) is 44.5 Å². The zero-order valence-electron chi connectivity index (χ0n) is 11.6. The van der Waals surface area contributed by atoms with Gasteiger partial charge >= 0.3 is 0 Å². The summed E-state index contributed by atoms with van der Waals surface area (Å²) in [7, 11) is 1.59. The van der Waals surface area contributed by atoms with Crippen LogP contribution in [-0.4, -0.2) is 22.7 Å². The minimum atomic E-state index is -0.150. The Morgan fingerprint density at radius 1 is 1.32 bits per heavy atom. The number of nitrogens with two attached hydrogens (primary N) is 1. The fraction of sp³-hybridized carbons (Fsp3) is 0.286. The molecule has 1 heterocycles. The number of anilines is 1. The van der Waals surface area contributed by atoms with E-state index in [9.17, 15) is 4.79 Å². The van der Waals surface area contributed by atoms with Crippen LogP contribution in [-0.2, 0) is 0 Å². The van der Waals surface area contributed by atoms with Crippen molar-refractivity contribution in [1.82, 2.24) is 15.1 Å². The van der Waals surface area contributed by atoms with Crippen molar-refractivity contribution in [2.75, 3.05) is 12.8 Å². The number of carbonyl (C=O) groups excluding carboxylic acids is 1. The van der Waals surface area contributed by atoms with Crippen molar-refractivity contribution < 1.29 is 4.79 Å². The minimum absolute atomic E-state index is 0.150. The molecular formula is C14H18N4O. The summed E-state index contributed by atoms with van der Waals surface area (Å²) >= 11 is 0. The zero-order valence-corrected chi connectivity index (χ0v) is 11.6. The summed E-state index contributed by atoms with van der Waals surface area (Å²) in [6.45, 7) is 6.00. The first kappa shape index (κ1) is 13.1. The average Bonchev–Trinajstić information content (AvgIpc) is 2.65. The summed E-state index contributed by atoms with van der Waals surface area (Å²) in [6, 6.07) is 5.23. The Morgan fingerprint density at radius 2 is 2.00 bits per heavy atom. The molecule has 3 N–H and O–H groups in total. The molecule has 2 rings (SSSR count). The molecule has 0 saturated heterocycles. The predicted molar refractivity (Wildman–Crippen MR) is 75.6 cm³/mol. The van der Waals surface area contributed by atoms with E-state index in [1.807, 2.05) is 31.5 Å². The molecule has 0 spiro atoms. The van der Waals surface area contributed by atoms with E-state index in [-0.39, 0.29) is 5.91 Å². The van der Waals surface area contributed by atoms with Gasteiger partial charge in [0.1, 0.15) is 0 Å². The fourth-order valence-electron chi connectivity index (χ4n) is 1.99. The van der Waals surface area contributed by atoms with Crippen LogP contribution in [0.4, 0.5) is 5.69 Å². The maximum atomic E-state index is 11.5. The Hall–Kier alpha value is -2.30. The predicted octanol–water partition coefficient (Wildman–Crippen LogP) is 1.74. The Kier molecular flexibility index (Phi) is 3.29. The number of nitrogens with one attached hydrogen (secondary N) is 1. The van der Waals surface area contributed by atoms with Crippen molar-refractivity contribution in [2.45, 2.75) is 20.8 Å². The van der Waals surface area contributed by atoms with E-state index in [0.717, 1.165) is 22.6 Å². The highest BCUT2D eigenvalue weighted by Crippen LogP contribution is 2.22. The lowest BCUT2D eigenvalue weighted by atomic mass is 10.1. The topological polar surface area (TPSA) is 72.9 Å². The molecule has 0 bridgehead atoms. The number of hydrogen-bond acceptors (Lipinski definition) is 3. The molecule has 0 saturated carbocycles. The fourth-order valence-corrected chi connectivity index (χ4v) is 1.99. The number of carbonyl (C=O) groups is 1. The normalized spacial score (nSPS) is 10.5. The number of benzene rings is 1. The molecular weight excluding hydrogens is 240 g/mol. The maximum Gasteiger partial charge on any atom is 0.251 e. The molecule has 1 aromatic carbocycles. The van der Waals surface area contributed by atoms with Gasteiger partial charge < -0.3 is 11.1 Å². The molecule has 0 aliphatic heterocycles. The second-order valence-electron chi connectivity index (χ2n) is 4.56. The summed E-state index contributed by atoms with van der Waals surface area (Å²) in [5.74, 6) is -0.150. The van der Waals surface area contributed by atoms with Crippen LogP contribution in [0.15, 0.2) is 18.2 Å². The van der Waals surface area contributed by atoms with Crippen molar-refractivity contribution in [3.8, 4) is 5.69 Å². The third kappa shape index (κ3) is 2.19. The average molecular weight is 258 g/mol. The Morgan fingerprint density at radius 3 is 2.47 bits per heavy atom. The molecule has 1 aromatic heterocycles. The summed E-state index contributed by atoms with van der Waals surface area (Å²) in [6.07, 6.45) is 0. The molecule has 1 amide bonds. The summed E-state index contributed by atoms with van der Waals surface area (Å²) in [5, 5.41) is 7.05. The lowest BCUT2D eigenvalue weighted by molar-refractivity contribution is 0.0963. The first-order valence-corrected chi connectivity index (χ1v) is 6.10. The lowest BCUT2D eigenvalue weighted by Gasteiger charge is -2.09. The van der Waals surface area contributed by atoms with Gasteiger partial charge in [-0.2, -0.15) is 5.10 Å². The van der Waals surface area contributed by atoms with Crippen molar-refractivity contribution in [2.24, 2.45) is 0 Å². The van der Waals surface area contributed by atoms with Crippen molar-refractivity contribution in [1.29, 1.82) is 0 Å². The number of amides is 1. The SMILES string of the molecule is CNC(=O)c1ccc(-n2nc(C)c(C)c2C)c(N)c1. The van der Waals surface area contributed by atoms with Gasteiger partial charge in [-0.1, -0.05) is 0 Å². The highest BCUT2D eigenvalue weighted by molar-refractivity contribution is 5.95. The standard InChI is InChI=1S/C14H18N4O/c1-8-9(2)17-18(10(8)3)13-6-5-11(7-12(13)15)14(19)16-4/h5-7H,15H2,1-4H3,(H,16,19). The number of nitrogen functional groups attached to an aromatic ring is 1. The number of hydrogen-bond donors (Lipinski definition) is 2.